The number of benzene rings is 2. The van der Waals surface area contributed by atoms with Gasteiger partial charge in [0.25, 0.3) is 0 Å². The Bertz CT molecular complexity index is 1280. The Labute approximate surface area is 194 Å². The number of esters is 1. The SMILES string of the molecule is CC(C)(C)OC(=O)N1CCCC1C(=O)Oc1ccc2c(=O)c(Oc3ccc(F)cc3)coc2c1. The average molecular weight is 469 g/mol. The van der Waals surface area contributed by atoms with Crippen LogP contribution in [0.5, 0.6) is 17.2 Å². The number of hydrogen-bond donors (Lipinski definition) is 0. The summed E-state index contributed by atoms with van der Waals surface area (Å²) < 4.78 is 34.9. The quantitative estimate of drug-likeness (QED) is 0.391. The number of halogens is 1. The predicted octanol–water partition coefficient (Wildman–Crippen LogP) is 5.03. The molecule has 3 aromatic rings. The molecule has 1 aliphatic rings. The molecule has 1 unspecified atom stereocenters. The van der Waals surface area contributed by atoms with Crippen LogP contribution in [0.4, 0.5) is 9.18 Å². The lowest BCUT2D eigenvalue weighted by Crippen LogP contribution is -2.44. The summed E-state index contributed by atoms with van der Waals surface area (Å²) in [5.74, 6) is -0.635. The molecule has 1 aromatic heterocycles. The summed E-state index contributed by atoms with van der Waals surface area (Å²) >= 11 is 0. The van der Waals surface area contributed by atoms with E-state index in [1.54, 1.807) is 20.8 Å². The van der Waals surface area contributed by atoms with Crippen molar-refractivity contribution in [2.24, 2.45) is 0 Å². The minimum atomic E-state index is -0.760. The molecular formula is C25H24FNO7. The van der Waals surface area contributed by atoms with Gasteiger partial charge in [-0.3, -0.25) is 9.69 Å². The second-order valence-corrected chi connectivity index (χ2v) is 8.90. The van der Waals surface area contributed by atoms with Gasteiger partial charge in [-0.05, 0) is 70.0 Å². The zero-order valence-corrected chi connectivity index (χ0v) is 19.0. The van der Waals surface area contributed by atoms with Crippen molar-refractivity contribution in [2.75, 3.05) is 6.54 Å². The number of carbonyl (C=O) groups is 2. The molecule has 0 spiro atoms. The lowest BCUT2D eigenvalue weighted by molar-refractivity contribution is -0.139. The summed E-state index contributed by atoms with van der Waals surface area (Å²) in [7, 11) is 0. The summed E-state index contributed by atoms with van der Waals surface area (Å²) in [6.45, 7) is 5.67. The third-order valence-corrected chi connectivity index (χ3v) is 5.13. The first-order valence-electron chi connectivity index (χ1n) is 10.8. The largest absolute Gasteiger partial charge is 0.460 e. The second-order valence-electron chi connectivity index (χ2n) is 8.90. The molecule has 1 amide bonds. The van der Waals surface area contributed by atoms with Crippen molar-refractivity contribution in [1.29, 1.82) is 0 Å². The van der Waals surface area contributed by atoms with Crippen LogP contribution in [0, 0.1) is 5.82 Å². The van der Waals surface area contributed by atoms with Crippen LogP contribution in [0.1, 0.15) is 33.6 Å². The fourth-order valence-electron chi connectivity index (χ4n) is 3.59. The van der Waals surface area contributed by atoms with Crippen LogP contribution in [-0.2, 0) is 9.53 Å². The lowest BCUT2D eigenvalue weighted by Gasteiger charge is -2.27. The molecule has 4 rings (SSSR count). The molecular weight excluding hydrogens is 445 g/mol. The Balaban J connectivity index is 1.49. The second kappa shape index (κ2) is 9.17. The van der Waals surface area contributed by atoms with Crippen LogP contribution < -0.4 is 14.9 Å². The van der Waals surface area contributed by atoms with Gasteiger partial charge in [-0.25, -0.2) is 14.0 Å². The number of likely N-dealkylation sites (tertiary alicyclic amines) is 1. The summed E-state index contributed by atoms with van der Waals surface area (Å²) in [4.78, 5) is 39.3. The number of ether oxygens (including phenoxy) is 3. The van der Waals surface area contributed by atoms with Gasteiger partial charge in [0.05, 0.1) is 5.39 Å². The van der Waals surface area contributed by atoms with Crippen LogP contribution in [0.15, 0.2) is 57.9 Å². The van der Waals surface area contributed by atoms with Crippen molar-refractivity contribution in [3.05, 3.63) is 64.8 Å². The Morgan fingerprint density at radius 3 is 2.50 bits per heavy atom. The fraction of sp³-hybridized carbons (Fsp3) is 0.320. The molecule has 0 aliphatic carbocycles. The van der Waals surface area contributed by atoms with Gasteiger partial charge in [-0.1, -0.05) is 0 Å². The minimum Gasteiger partial charge on any atom is -0.460 e. The fourth-order valence-corrected chi connectivity index (χ4v) is 3.59. The van der Waals surface area contributed by atoms with E-state index in [1.807, 2.05) is 0 Å². The normalized spacial score (nSPS) is 15.9. The van der Waals surface area contributed by atoms with Gasteiger partial charge in [-0.15, -0.1) is 0 Å². The van der Waals surface area contributed by atoms with Crippen LogP contribution in [0.25, 0.3) is 11.0 Å². The van der Waals surface area contributed by atoms with Crippen LogP contribution in [-0.4, -0.2) is 35.2 Å². The minimum absolute atomic E-state index is 0.0668. The van der Waals surface area contributed by atoms with E-state index in [-0.39, 0.29) is 28.2 Å². The van der Waals surface area contributed by atoms with Crippen LogP contribution >= 0.6 is 0 Å². The number of rotatable bonds is 4. The topological polar surface area (TPSA) is 95.3 Å². The lowest BCUT2D eigenvalue weighted by atomic mass is 10.2. The number of amides is 1. The summed E-state index contributed by atoms with van der Waals surface area (Å²) in [5.41, 5.74) is -0.920. The van der Waals surface area contributed by atoms with E-state index >= 15 is 0 Å². The monoisotopic (exact) mass is 469 g/mol. The molecule has 0 radical (unpaired) electrons. The van der Waals surface area contributed by atoms with Gasteiger partial charge in [0.1, 0.15) is 40.8 Å². The van der Waals surface area contributed by atoms with E-state index in [2.05, 4.69) is 0 Å². The van der Waals surface area contributed by atoms with Crippen molar-refractivity contribution >= 4 is 23.0 Å². The van der Waals surface area contributed by atoms with Gasteiger partial charge >= 0.3 is 12.1 Å². The van der Waals surface area contributed by atoms with E-state index in [4.69, 9.17) is 18.6 Å². The van der Waals surface area contributed by atoms with E-state index in [9.17, 15) is 18.8 Å². The number of fused-ring (bicyclic) bond motifs is 1. The molecule has 1 fully saturated rings. The molecule has 0 saturated carbocycles. The maximum atomic E-state index is 13.1. The summed E-state index contributed by atoms with van der Waals surface area (Å²) in [6, 6.07) is 8.80. The third kappa shape index (κ3) is 5.19. The standard InChI is InChI=1S/C25H24FNO7/c1-25(2,3)34-24(30)27-12-4-5-19(27)23(29)33-17-10-11-18-20(13-17)31-14-21(22(18)28)32-16-8-6-15(26)7-9-16/h6-11,13-14,19H,4-5,12H2,1-3H3. The average Bonchev–Trinajstić information content (AvgIpc) is 3.26. The Morgan fingerprint density at radius 1 is 1.09 bits per heavy atom. The summed E-state index contributed by atoms with van der Waals surface area (Å²) in [6.07, 6.45) is 1.69. The maximum absolute atomic E-state index is 13.1. The molecule has 0 bridgehead atoms. The molecule has 2 aromatic carbocycles. The van der Waals surface area contributed by atoms with Crippen molar-refractivity contribution < 1.29 is 32.6 Å². The smallest absolute Gasteiger partial charge is 0.411 e. The third-order valence-electron chi connectivity index (χ3n) is 5.13. The van der Waals surface area contributed by atoms with Crippen molar-refractivity contribution in [3.63, 3.8) is 0 Å². The Kier molecular flexibility index (Phi) is 6.28. The number of hydrogen-bond acceptors (Lipinski definition) is 7. The molecule has 34 heavy (non-hydrogen) atoms. The van der Waals surface area contributed by atoms with Crippen LogP contribution in [0.3, 0.4) is 0 Å². The van der Waals surface area contributed by atoms with Gasteiger partial charge < -0.3 is 18.6 Å². The zero-order valence-electron chi connectivity index (χ0n) is 19.0. The van der Waals surface area contributed by atoms with Crippen molar-refractivity contribution in [2.45, 2.75) is 45.3 Å². The molecule has 2 heterocycles. The Hall–Kier alpha value is -3.88. The highest BCUT2D eigenvalue weighted by Gasteiger charge is 2.38. The number of nitrogens with zero attached hydrogens (tertiary/aromatic N) is 1. The van der Waals surface area contributed by atoms with Gasteiger partial charge in [-0.2, -0.15) is 0 Å². The first-order chi connectivity index (χ1) is 16.1. The highest BCUT2D eigenvalue weighted by Crippen LogP contribution is 2.26. The van der Waals surface area contributed by atoms with E-state index < -0.39 is 35.0 Å². The first kappa shape index (κ1) is 23.3. The van der Waals surface area contributed by atoms with E-state index in [1.165, 1.54) is 47.4 Å². The molecule has 1 aliphatic heterocycles. The Morgan fingerprint density at radius 2 is 1.79 bits per heavy atom. The van der Waals surface area contributed by atoms with Crippen LogP contribution in [0.2, 0.25) is 0 Å². The van der Waals surface area contributed by atoms with Gasteiger partial charge in [0.2, 0.25) is 11.2 Å². The highest BCUT2D eigenvalue weighted by atomic mass is 19.1. The molecule has 9 heteroatoms. The molecule has 1 saturated heterocycles. The van der Waals surface area contributed by atoms with Crippen molar-refractivity contribution in [3.8, 4) is 17.2 Å². The molecule has 178 valence electrons. The molecule has 8 nitrogen and oxygen atoms in total. The van der Waals surface area contributed by atoms with E-state index in [0.29, 0.717) is 19.4 Å². The summed E-state index contributed by atoms with van der Waals surface area (Å²) in [5, 5.41) is 0.218. The number of carbonyl (C=O) groups excluding carboxylic acids is 2. The van der Waals surface area contributed by atoms with Gasteiger partial charge in [0.15, 0.2) is 0 Å². The van der Waals surface area contributed by atoms with Crippen molar-refractivity contribution in [1.82, 2.24) is 4.90 Å². The zero-order chi connectivity index (χ0) is 24.5. The first-order valence-corrected chi connectivity index (χ1v) is 10.8. The van der Waals surface area contributed by atoms with E-state index in [0.717, 1.165) is 6.26 Å². The maximum Gasteiger partial charge on any atom is 0.411 e. The molecule has 0 N–H and O–H groups in total. The van der Waals surface area contributed by atoms with Gasteiger partial charge in [0, 0.05) is 12.6 Å². The predicted molar refractivity (Wildman–Crippen MR) is 121 cm³/mol. The highest BCUT2D eigenvalue weighted by molar-refractivity contribution is 5.85. The molecule has 1 atom stereocenters.